The molecule has 0 bridgehead atoms. The van der Waals surface area contributed by atoms with Gasteiger partial charge in [-0.3, -0.25) is 4.98 Å². The van der Waals surface area contributed by atoms with Crippen molar-refractivity contribution in [1.82, 2.24) is 4.98 Å². The second-order valence-corrected chi connectivity index (χ2v) is 3.90. The molecule has 0 saturated heterocycles. The number of ether oxygens (including phenoxy) is 1. The lowest BCUT2D eigenvalue weighted by Gasteiger charge is -1.94. The molecular weight excluding hydrogens is 228 g/mol. The zero-order valence-corrected chi connectivity index (χ0v) is 9.08. The number of isocyanates is 1. The number of carbonyl (C=O) groups excluding carboxylic acids is 2. The van der Waals surface area contributed by atoms with E-state index in [1.54, 1.807) is 18.5 Å². The Kier molecular flexibility index (Phi) is 2.76. The van der Waals surface area contributed by atoms with E-state index < -0.39 is 5.97 Å². The minimum absolute atomic E-state index is 0.273. The van der Waals surface area contributed by atoms with Crippen LogP contribution in [0.25, 0.3) is 10.1 Å². The van der Waals surface area contributed by atoms with Crippen molar-refractivity contribution in [2.45, 2.75) is 0 Å². The SMILES string of the molecule is COC(=O)c1sc2ccncc2c1N=C=O. The topological polar surface area (TPSA) is 68.6 Å². The predicted molar refractivity (Wildman–Crippen MR) is 58.7 cm³/mol. The summed E-state index contributed by atoms with van der Waals surface area (Å²) in [6.45, 7) is 0. The molecule has 0 aliphatic rings. The number of hydrogen-bond acceptors (Lipinski definition) is 6. The zero-order chi connectivity index (χ0) is 11.5. The highest BCUT2D eigenvalue weighted by atomic mass is 32.1. The number of carbonyl (C=O) groups is 1. The largest absolute Gasteiger partial charge is 0.465 e. The van der Waals surface area contributed by atoms with Gasteiger partial charge in [-0.05, 0) is 6.07 Å². The van der Waals surface area contributed by atoms with Gasteiger partial charge in [-0.1, -0.05) is 0 Å². The van der Waals surface area contributed by atoms with Crippen molar-refractivity contribution in [1.29, 1.82) is 0 Å². The maximum Gasteiger partial charge on any atom is 0.350 e. The maximum absolute atomic E-state index is 11.5. The van der Waals surface area contributed by atoms with E-state index in [1.807, 2.05) is 0 Å². The van der Waals surface area contributed by atoms with Crippen LogP contribution in [-0.2, 0) is 9.53 Å². The van der Waals surface area contributed by atoms with Crippen LogP contribution in [0.5, 0.6) is 0 Å². The van der Waals surface area contributed by atoms with E-state index in [0.717, 1.165) is 4.70 Å². The lowest BCUT2D eigenvalue weighted by Crippen LogP contribution is -1.97. The number of methoxy groups -OCH3 is 1. The van der Waals surface area contributed by atoms with Gasteiger partial charge in [-0.2, -0.15) is 4.99 Å². The fraction of sp³-hybridized carbons (Fsp3) is 0.100. The van der Waals surface area contributed by atoms with Gasteiger partial charge < -0.3 is 4.74 Å². The van der Waals surface area contributed by atoms with Gasteiger partial charge >= 0.3 is 5.97 Å². The Bertz CT molecular complexity index is 599. The minimum atomic E-state index is -0.518. The molecule has 0 spiro atoms. The second kappa shape index (κ2) is 4.22. The molecule has 0 radical (unpaired) electrons. The average Bonchev–Trinajstić information content (AvgIpc) is 2.68. The van der Waals surface area contributed by atoms with Crippen LogP contribution in [0.1, 0.15) is 9.67 Å². The molecule has 0 amide bonds. The lowest BCUT2D eigenvalue weighted by molar-refractivity contribution is 0.0607. The lowest BCUT2D eigenvalue weighted by atomic mass is 10.2. The van der Waals surface area contributed by atoms with Crippen molar-refractivity contribution in [2.75, 3.05) is 7.11 Å². The molecule has 0 aromatic carbocycles. The number of rotatable bonds is 2. The number of esters is 1. The van der Waals surface area contributed by atoms with Crippen molar-refractivity contribution in [2.24, 2.45) is 4.99 Å². The summed E-state index contributed by atoms with van der Waals surface area (Å²) >= 11 is 1.21. The molecule has 0 aliphatic carbocycles. The molecule has 0 fully saturated rings. The van der Waals surface area contributed by atoms with E-state index >= 15 is 0 Å². The summed E-state index contributed by atoms with van der Waals surface area (Å²) in [6.07, 6.45) is 4.58. The summed E-state index contributed by atoms with van der Waals surface area (Å²) in [5.74, 6) is -0.518. The Labute approximate surface area is 94.4 Å². The third-order valence-corrected chi connectivity index (χ3v) is 3.13. The van der Waals surface area contributed by atoms with E-state index in [0.29, 0.717) is 5.39 Å². The van der Waals surface area contributed by atoms with E-state index in [2.05, 4.69) is 14.7 Å². The molecule has 0 N–H and O–H groups in total. The van der Waals surface area contributed by atoms with Crippen molar-refractivity contribution in [3.8, 4) is 0 Å². The molecule has 2 heterocycles. The Morgan fingerprint density at radius 3 is 3.12 bits per heavy atom. The molecule has 6 heteroatoms. The fourth-order valence-corrected chi connectivity index (χ4v) is 2.34. The van der Waals surface area contributed by atoms with Gasteiger partial charge in [0.25, 0.3) is 0 Å². The van der Waals surface area contributed by atoms with Gasteiger partial charge in [-0.25, -0.2) is 9.59 Å². The number of aliphatic imine (C=N–C) groups is 1. The molecule has 0 saturated carbocycles. The first-order valence-electron chi connectivity index (χ1n) is 4.30. The molecule has 80 valence electrons. The highest BCUT2D eigenvalue weighted by Gasteiger charge is 2.18. The average molecular weight is 234 g/mol. The van der Waals surface area contributed by atoms with Gasteiger partial charge in [-0.15, -0.1) is 11.3 Å². The van der Waals surface area contributed by atoms with Gasteiger partial charge in [0.05, 0.1) is 7.11 Å². The molecule has 0 unspecified atom stereocenters. The number of nitrogens with zero attached hydrogens (tertiary/aromatic N) is 2. The van der Waals surface area contributed by atoms with Crippen molar-refractivity contribution in [3.05, 3.63) is 23.3 Å². The van der Waals surface area contributed by atoms with E-state index in [9.17, 15) is 9.59 Å². The van der Waals surface area contributed by atoms with Gasteiger partial charge in [0.1, 0.15) is 10.6 Å². The second-order valence-electron chi connectivity index (χ2n) is 2.85. The highest BCUT2D eigenvalue weighted by Crippen LogP contribution is 2.37. The highest BCUT2D eigenvalue weighted by molar-refractivity contribution is 7.21. The van der Waals surface area contributed by atoms with Gasteiger partial charge in [0.2, 0.25) is 6.08 Å². The molecule has 5 nitrogen and oxygen atoms in total. The molecule has 2 aromatic rings. The zero-order valence-electron chi connectivity index (χ0n) is 8.26. The van der Waals surface area contributed by atoms with E-state index in [-0.39, 0.29) is 10.6 Å². The normalized spacial score (nSPS) is 9.81. The number of thiophene rings is 1. The molecular formula is C10H6N2O3S. The first-order valence-corrected chi connectivity index (χ1v) is 5.12. The van der Waals surface area contributed by atoms with Gasteiger partial charge in [0, 0.05) is 22.5 Å². The first kappa shape index (κ1) is 10.5. The van der Waals surface area contributed by atoms with Crippen LogP contribution in [-0.4, -0.2) is 24.1 Å². The molecule has 2 aromatic heterocycles. The Morgan fingerprint density at radius 2 is 2.44 bits per heavy atom. The van der Waals surface area contributed by atoms with Crippen LogP contribution in [0.15, 0.2) is 23.5 Å². The summed E-state index contributed by atoms with van der Waals surface area (Å²) in [4.78, 5) is 29.5. The number of pyridine rings is 1. The maximum atomic E-state index is 11.5. The third-order valence-electron chi connectivity index (χ3n) is 1.99. The van der Waals surface area contributed by atoms with Crippen LogP contribution in [0.4, 0.5) is 5.69 Å². The molecule has 0 aliphatic heterocycles. The minimum Gasteiger partial charge on any atom is -0.465 e. The molecule has 0 atom stereocenters. The molecule has 2 rings (SSSR count). The third kappa shape index (κ3) is 1.60. The monoisotopic (exact) mass is 234 g/mol. The van der Waals surface area contributed by atoms with Crippen LogP contribution in [0.2, 0.25) is 0 Å². The smallest absolute Gasteiger partial charge is 0.350 e. The van der Waals surface area contributed by atoms with Crippen LogP contribution in [0.3, 0.4) is 0 Å². The van der Waals surface area contributed by atoms with Crippen LogP contribution < -0.4 is 0 Å². The van der Waals surface area contributed by atoms with Crippen LogP contribution in [0, 0.1) is 0 Å². The first-order chi connectivity index (χ1) is 7.77. The van der Waals surface area contributed by atoms with Crippen molar-refractivity contribution in [3.63, 3.8) is 0 Å². The van der Waals surface area contributed by atoms with Crippen LogP contribution >= 0.6 is 11.3 Å². The van der Waals surface area contributed by atoms with E-state index in [4.69, 9.17) is 0 Å². The standard InChI is InChI=1S/C10H6N2O3S/c1-15-10(14)9-8(12-5-13)6-4-11-3-2-7(6)16-9/h2-4H,1H3. The summed E-state index contributed by atoms with van der Waals surface area (Å²) in [5.41, 5.74) is 0.273. The summed E-state index contributed by atoms with van der Waals surface area (Å²) in [6, 6.07) is 1.75. The Balaban J connectivity index is 2.77. The number of aromatic nitrogens is 1. The van der Waals surface area contributed by atoms with Crippen molar-refractivity contribution >= 4 is 39.2 Å². The Hall–Kier alpha value is -2.04. The summed E-state index contributed by atoms with van der Waals surface area (Å²) < 4.78 is 5.44. The van der Waals surface area contributed by atoms with Gasteiger partial charge in [0.15, 0.2) is 0 Å². The van der Waals surface area contributed by atoms with E-state index in [1.165, 1.54) is 24.5 Å². The quantitative estimate of drug-likeness (QED) is 0.453. The predicted octanol–water partition coefficient (Wildman–Crippen LogP) is 2.05. The Morgan fingerprint density at radius 1 is 1.62 bits per heavy atom. The summed E-state index contributed by atoms with van der Waals surface area (Å²) in [7, 11) is 1.28. The fourth-order valence-electron chi connectivity index (χ4n) is 1.32. The summed E-state index contributed by atoms with van der Waals surface area (Å²) in [5, 5.41) is 0.649. The van der Waals surface area contributed by atoms with Crippen molar-refractivity contribution < 1.29 is 14.3 Å². The number of hydrogen-bond donors (Lipinski definition) is 0. The molecule has 16 heavy (non-hydrogen) atoms. The number of fused-ring (bicyclic) bond motifs is 1.